The summed E-state index contributed by atoms with van der Waals surface area (Å²) in [7, 11) is 3.18. The molecule has 33 heavy (non-hydrogen) atoms. The molecule has 4 rings (SSSR count). The van der Waals surface area contributed by atoms with E-state index in [-0.39, 0.29) is 23.2 Å². The van der Waals surface area contributed by atoms with Crippen LogP contribution in [0.3, 0.4) is 0 Å². The maximum Gasteiger partial charge on any atom is 0.255 e. The van der Waals surface area contributed by atoms with E-state index in [4.69, 9.17) is 10.5 Å². The quantitative estimate of drug-likeness (QED) is 0.338. The molecule has 0 aliphatic carbocycles. The van der Waals surface area contributed by atoms with E-state index >= 15 is 0 Å². The topological polar surface area (TPSA) is 133 Å². The van der Waals surface area contributed by atoms with Crippen LogP contribution in [0.2, 0.25) is 0 Å². The Morgan fingerprint density at radius 2 is 2.18 bits per heavy atom. The van der Waals surface area contributed by atoms with Crippen molar-refractivity contribution in [1.82, 2.24) is 29.0 Å². The molecular weight excluding hydrogens is 424 g/mol. The molecule has 0 radical (unpaired) electrons. The summed E-state index contributed by atoms with van der Waals surface area (Å²) >= 11 is 0. The zero-order valence-electron chi connectivity index (χ0n) is 18.1. The molecule has 0 spiro atoms. The van der Waals surface area contributed by atoms with Gasteiger partial charge >= 0.3 is 0 Å². The Bertz CT molecular complexity index is 1340. The maximum atomic E-state index is 12.3. The van der Waals surface area contributed by atoms with E-state index < -0.39 is 5.91 Å². The largest absolute Gasteiger partial charge is 0.503 e. The van der Waals surface area contributed by atoms with E-state index in [0.717, 1.165) is 0 Å². The highest BCUT2D eigenvalue weighted by atomic mass is 16.5. The molecule has 3 aromatic heterocycles. The minimum atomic E-state index is -0.664. The van der Waals surface area contributed by atoms with Crippen LogP contribution in [-0.2, 0) is 9.53 Å². The van der Waals surface area contributed by atoms with Crippen LogP contribution in [-0.4, -0.2) is 61.6 Å². The highest BCUT2D eigenvalue weighted by Crippen LogP contribution is 2.34. The Labute approximate surface area is 189 Å². The van der Waals surface area contributed by atoms with Crippen LogP contribution in [0.1, 0.15) is 34.1 Å². The number of imidazole rings is 1. The minimum Gasteiger partial charge on any atom is -0.503 e. The van der Waals surface area contributed by atoms with Gasteiger partial charge in [-0.25, -0.2) is 14.6 Å². The Morgan fingerprint density at radius 1 is 1.36 bits per heavy atom. The third-order valence-electron chi connectivity index (χ3n) is 5.19. The number of amides is 2. The van der Waals surface area contributed by atoms with Gasteiger partial charge in [0.15, 0.2) is 5.69 Å². The number of ether oxygens (including phenoxy) is 1. The number of nitrogens with zero attached hydrogens (tertiary/aromatic N) is 6. The predicted octanol–water partition coefficient (Wildman–Crippen LogP) is 0.913. The van der Waals surface area contributed by atoms with Gasteiger partial charge in [-0.15, -0.1) is 0 Å². The smallest absolute Gasteiger partial charge is 0.255 e. The van der Waals surface area contributed by atoms with Crippen LogP contribution < -0.4 is 11.1 Å². The standard InChI is InChI=1S/C22H22N8O3/c1-4-18(31)29-12-15(9-16(29)13-33-3)30-21(24-2)19(20(23)32)17(27-30)6-5-14-10-26-22-25-7-8-28(22)11-14/h4,7-8,10-11,13,15,24H,1,9,12H2,2-3H3,(H2,23,32)/b16-13+/t15-/m0/s1. The second-order valence-electron chi connectivity index (χ2n) is 7.21. The number of allylic oxidation sites excluding steroid dienone is 1. The highest BCUT2D eigenvalue weighted by molar-refractivity contribution is 6.00. The number of hydrogen-bond donors (Lipinski definition) is 2. The van der Waals surface area contributed by atoms with Crippen molar-refractivity contribution in [3.05, 3.63) is 66.2 Å². The summed E-state index contributed by atoms with van der Waals surface area (Å²) in [4.78, 5) is 34.5. The Morgan fingerprint density at radius 3 is 2.88 bits per heavy atom. The molecule has 1 fully saturated rings. The van der Waals surface area contributed by atoms with Gasteiger partial charge in [0.2, 0.25) is 11.7 Å². The number of primary amides is 1. The van der Waals surface area contributed by atoms with E-state index in [0.29, 0.717) is 35.8 Å². The summed E-state index contributed by atoms with van der Waals surface area (Å²) in [6.45, 7) is 3.88. The third-order valence-corrected chi connectivity index (χ3v) is 5.19. The van der Waals surface area contributed by atoms with Crippen molar-refractivity contribution in [2.45, 2.75) is 12.5 Å². The van der Waals surface area contributed by atoms with Gasteiger partial charge in [0.1, 0.15) is 17.6 Å². The van der Waals surface area contributed by atoms with Crippen LogP contribution in [0.4, 0.5) is 5.82 Å². The Kier molecular flexibility index (Phi) is 5.82. The van der Waals surface area contributed by atoms with Gasteiger partial charge in [0.25, 0.3) is 5.91 Å². The predicted molar refractivity (Wildman–Crippen MR) is 120 cm³/mol. The number of nitrogens with two attached hydrogens (primary N) is 1. The lowest BCUT2D eigenvalue weighted by atomic mass is 10.2. The number of likely N-dealkylation sites (tertiary alicyclic amines) is 1. The number of methoxy groups -OCH3 is 1. The number of hydrogen-bond acceptors (Lipinski definition) is 7. The fourth-order valence-electron chi connectivity index (χ4n) is 3.77. The molecule has 0 bridgehead atoms. The van der Waals surface area contributed by atoms with Crippen LogP contribution in [0.5, 0.6) is 0 Å². The van der Waals surface area contributed by atoms with Gasteiger partial charge in [0.05, 0.1) is 24.4 Å². The second-order valence-corrected chi connectivity index (χ2v) is 7.21. The van der Waals surface area contributed by atoms with Gasteiger partial charge in [-0.3, -0.25) is 14.0 Å². The van der Waals surface area contributed by atoms with Crippen molar-refractivity contribution in [1.29, 1.82) is 0 Å². The van der Waals surface area contributed by atoms with Crippen molar-refractivity contribution in [3.8, 4) is 11.8 Å². The fourth-order valence-corrected chi connectivity index (χ4v) is 3.77. The first-order valence-electron chi connectivity index (χ1n) is 10.0. The Hall–Kier alpha value is -4.59. The molecule has 3 N–H and O–H groups in total. The molecule has 0 aromatic carbocycles. The normalized spacial score (nSPS) is 16.5. The molecule has 2 amide bonds. The van der Waals surface area contributed by atoms with E-state index in [9.17, 15) is 9.59 Å². The van der Waals surface area contributed by atoms with Gasteiger partial charge in [-0.05, 0) is 12.0 Å². The van der Waals surface area contributed by atoms with Crippen LogP contribution in [0.25, 0.3) is 5.78 Å². The molecular formula is C22H22N8O3. The van der Waals surface area contributed by atoms with E-state index in [1.807, 2.05) is 0 Å². The number of anilines is 1. The average molecular weight is 446 g/mol. The summed E-state index contributed by atoms with van der Waals surface area (Å²) < 4.78 is 8.51. The molecule has 1 atom stereocenters. The zero-order valence-corrected chi connectivity index (χ0v) is 18.1. The molecule has 0 saturated carbocycles. The van der Waals surface area contributed by atoms with Crippen LogP contribution in [0.15, 0.2) is 49.4 Å². The third kappa shape index (κ3) is 4.01. The minimum absolute atomic E-state index is 0.174. The van der Waals surface area contributed by atoms with Gasteiger partial charge < -0.3 is 20.7 Å². The van der Waals surface area contributed by atoms with Gasteiger partial charge in [-0.1, -0.05) is 12.5 Å². The molecule has 168 valence electrons. The molecule has 1 aliphatic rings. The van der Waals surface area contributed by atoms with E-state index in [1.54, 1.807) is 45.8 Å². The van der Waals surface area contributed by atoms with Crippen LogP contribution in [0, 0.1) is 11.8 Å². The Balaban J connectivity index is 1.74. The molecule has 3 aromatic rings. The molecule has 4 heterocycles. The number of aromatic nitrogens is 5. The van der Waals surface area contributed by atoms with E-state index in [1.165, 1.54) is 19.4 Å². The number of fused-ring (bicyclic) bond motifs is 1. The van der Waals surface area contributed by atoms with Crippen molar-refractivity contribution in [2.24, 2.45) is 5.73 Å². The average Bonchev–Trinajstić information content (AvgIpc) is 3.53. The lowest BCUT2D eigenvalue weighted by molar-refractivity contribution is -0.123. The van der Waals surface area contributed by atoms with Gasteiger partial charge in [0, 0.05) is 44.8 Å². The zero-order chi connectivity index (χ0) is 23.5. The first-order valence-corrected chi connectivity index (χ1v) is 10.0. The second kappa shape index (κ2) is 8.88. The SMILES string of the molecule is C=CC(=O)N1C[C@@H](n2nc(C#Cc3cnc4nccn4c3)c(C(N)=O)c2NC)C/C1=C\OC. The molecule has 1 saturated heterocycles. The molecule has 0 unspecified atom stereocenters. The van der Waals surface area contributed by atoms with E-state index in [2.05, 4.69) is 38.8 Å². The van der Waals surface area contributed by atoms with Crippen molar-refractivity contribution < 1.29 is 14.3 Å². The van der Waals surface area contributed by atoms with Crippen LogP contribution >= 0.6 is 0 Å². The molecule has 11 nitrogen and oxygen atoms in total. The fraction of sp³-hybridized carbons (Fsp3) is 0.227. The monoisotopic (exact) mass is 446 g/mol. The summed E-state index contributed by atoms with van der Waals surface area (Å²) in [5.41, 5.74) is 7.36. The summed E-state index contributed by atoms with van der Waals surface area (Å²) in [5, 5.41) is 7.57. The molecule has 11 heteroatoms. The lowest BCUT2D eigenvalue weighted by Gasteiger charge is -2.16. The first kappa shape index (κ1) is 21.6. The maximum absolute atomic E-state index is 12.3. The summed E-state index contributed by atoms with van der Waals surface area (Å²) in [5.74, 6) is 5.97. The summed E-state index contributed by atoms with van der Waals surface area (Å²) in [6, 6.07) is -0.268. The number of rotatable bonds is 5. The summed E-state index contributed by atoms with van der Waals surface area (Å²) in [6.07, 6.45) is 9.98. The lowest BCUT2D eigenvalue weighted by Crippen LogP contribution is -2.27. The number of carbonyl (C=O) groups is 2. The number of carbonyl (C=O) groups excluding carboxylic acids is 2. The first-order chi connectivity index (χ1) is 16.0. The highest BCUT2D eigenvalue weighted by Gasteiger charge is 2.35. The van der Waals surface area contributed by atoms with Gasteiger partial charge in [-0.2, -0.15) is 5.10 Å². The van der Waals surface area contributed by atoms with Crippen molar-refractivity contribution >= 4 is 23.4 Å². The molecule has 1 aliphatic heterocycles. The van der Waals surface area contributed by atoms with Crippen molar-refractivity contribution in [2.75, 3.05) is 26.0 Å². The van der Waals surface area contributed by atoms with Crippen molar-refractivity contribution in [3.63, 3.8) is 0 Å². The number of nitrogens with one attached hydrogen (secondary N) is 1.